The number of ether oxygens (including phenoxy) is 1. The van der Waals surface area contributed by atoms with E-state index in [-0.39, 0.29) is 12.5 Å². The molecule has 174 valence electrons. The van der Waals surface area contributed by atoms with Gasteiger partial charge in [-0.1, -0.05) is 40.9 Å². The minimum Gasteiger partial charge on any atom is -0.484 e. The molecule has 3 N–H and O–H groups in total. The normalized spacial score (nSPS) is 10.6. The summed E-state index contributed by atoms with van der Waals surface area (Å²) in [5.41, 5.74) is 4.82. The first-order chi connectivity index (χ1) is 16.3. The van der Waals surface area contributed by atoms with Gasteiger partial charge in [-0.15, -0.1) is 0 Å². The number of benzene rings is 3. The molecule has 0 radical (unpaired) electrons. The van der Waals surface area contributed by atoms with Crippen molar-refractivity contribution in [1.29, 1.82) is 0 Å². The number of aryl methyl sites for hydroxylation is 1. The SMILES string of the molecule is Cc1ccc(NC(=O)C(=O)N/N=C\c2ccc(OCC(=O)Nc3cc(Cl)cc(Cl)c3)cc2)cc1. The van der Waals surface area contributed by atoms with E-state index in [9.17, 15) is 14.4 Å². The zero-order valence-electron chi connectivity index (χ0n) is 18.0. The van der Waals surface area contributed by atoms with Crippen LogP contribution in [0, 0.1) is 6.92 Å². The van der Waals surface area contributed by atoms with E-state index in [1.807, 2.05) is 19.1 Å². The molecular weight excluding hydrogens is 479 g/mol. The molecule has 0 saturated heterocycles. The van der Waals surface area contributed by atoms with E-state index in [0.717, 1.165) is 5.56 Å². The van der Waals surface area contributed by atoms with Crippen molar-refractivity contribution in [3.63, 3.8) is 0 Å². The van der Waals surface area contributed by atoms with Crippen molar-refractivity contribution in [3.05, 3.63) is 87.9 Å². The van der Waals surface area contributed by atoms with Crippen LogP contribution in [0.5, 0.6) is 5.75 Å². The summed E-state index contributed by atoms with van der Waals surface area (Å²) in [6, 6.07) is 18.4. The molecule has 10 heteroatoms. The predicted molar refractivity (Wildman–Crippen MR) is 133 cm³/mol. The summed E-state index contributed by atoms with van der Waals surface area (Å²) in [6.07, 6.45) is 1.37. The van der Waals surface area contributed by atoms with Gasteiger partial charge in [-0.25, -0.2) is 5.43 Å². The smallest absolute Gasteiger partial charge is 0.329 e. The number of hydrazone groups is 1. The molecule has 34 heavy (non-hydrogen) atoms. The molecule has 0 aliphatic heterocycles. The van der Waals surface area contributed by atoms with Gasteiger partial charge in [0.05, 0.1) is 6.21 Å². The fourth-order valence-corrected chi connectivity index (χ4v) is 3.19. The van der Waals surface area contributed by atoms with Gasteiger partial charge in [-0.2, -0.15) is 5.10 Å². The predicted octanol–water partition coefficient (Wildman–Crippen LogP) is 4.41. The molecule has 3 amide bonds. The van der Waals surface area contributed by atoms with E-state index in [1.165, 1.54) is 6.21 Å². The summed E-state index contributed by atoms with van der Waals surface area (Å²) in [5, 5.41) is 9.71. The quantitative estimate of drug-likeness (QED) is 0.254. The average Bonchev–Trinajstić information content (AvgIpc) is 2.79. The Morgan fingerprint density at radius 3 is 2.15 bits per heavy atom. The van der Waals surface area contributed by atoms with Gasteiger partial charge in [-0.05, 0) is 67.1 Å². The lowest BCUT2D eigenvalue weighted by molar-refractivity contribution is -0.136. The third kappa shape index (κ3) is 7.91. The van der Waals surface area contributed by atoms with Gasteiger partial charge < -0.3 is 15.4 Å². The lowest BCUT2D eigenvalue weighted by Crippen LogP contribution is -2.32. The van der Waals surface area contributed by atoms with Gasteiger partial charge >= 0.3 is 11.8 Å². The van der Waals surface area contributed by atoms with Gasteiger partial charge in [-0.3, -0.25) is 14.4 Å². The molecule has 3 aromatic carbocycles. The molecule has 0 saturated carbocycles. The second-order valence-electron chi connectivity index (χ2n) is 7.08. The van der Waals surface area contributed by atoms with E-state index < -0.39 is 11.8 Å². The maximum absolute atomic E-state index is 12.0. The lowest BCUT2D eigenvalue weighted by Gasteiger charge is -2.08. The number of hydrogen-bond acceptors (Lipinski definition) is 5. The second-order valence-corrected chi connectivity index (χ2v) is 7.96. The first kappa shape index (κ1) is 24.8. The Bertz CT molecular complexity index is 1190. The van der Waals surface area contributed by atoms with Crippen LogP contribution in [0.4, 0.5) is 11.4 Å². The molecule has 3 aromatic rings. The third-order valence-electron chi connectivity index (χ3n) is 4.29. The van der Waals surface area contributed by atoms with E-state index in [1.54, 1.807) is 54.6 Å². The van der Waals surface area contributed by atoms with Gasteiger partial charge in [0.1, 0.15) is 5.75 Å². The average molecular weight is 499 g/mol. The molecule has 0 spiro atoms. The maximum Gasteiger partial charge on any atom is 0.329 e. The largest absolute Gasteiger partial charge is 0.484 e. The summed E-state index contributed by atoms with van der Waals surface area (Å²) in [7, 11) is 0. The van der Waals surface area contributed by atoms with Crippen LogP contribution in [0.25, 0.3) is 0 Å². The number of halogens is 2. The van der Waals surface area contributed by atoms with Gasteiger partial charge in [0.15, 0.2) is 6.61 Å². The number of nitrogens with one attached hydrogen (secondary N) is 3. The summed E-state index contributed by atoms with van der Waals surface area (Å²) in [5.74, 6) is -1.65. The van der Waals surface area contributed by atoms with Crippen molar-refractivity contribution in [2.45, 2.75) is 6.92 Å². The summed E-state index contributed by atoms with van der Waals surface area (Å²) in [4.78, 5) is 35.8. The van der Waals surface area contributed by atoms with Crippen LogP contribution in [0.2, 0.25) is 10.0 Å². The van der Waals surface area contributed by atoms with Crippen molar-refractivity contribution in [2.24, 2.45) is 5.10 Å². The van der Waals surface area contributed by atoms with E-state index in [0.29, 0.717) is 32.7 Å². The first-order valence-corrected chi connectivity index (χ1v) is 10.7. The fraction of sp³-hybridized carbons (Fsp3) is 0.0833. The molecule has 0 aliphatic carbocycles. The number of carbonyl (C=O) groups excluding carboxylic acids is 3. The number of rotatable bonds is 7. The number of anilines is 2. The standard InChI is InChI=1S/C24H20Cl2N4O4/c1-15-2-6-19(7-3-15)29-23(32)24(33)30-27-13-16-4-8-21(9-5-16)34-14-22(31)28-20-11-17(25)10-18(26)12-20/h2-13H,14H2,1H3,(H,28,31)(H,29,32)(H,30,33)/b27-13-. The number of hydrogen-bond donors (Lipinski definition) is 3. The monoisotopic (exact) mass is 498 g/mol. The van der Waals surface area contributed by atoms with Crippen LogP contribution in [-0.2, 0) is 14.4 Å². The van der Waals surface area contributed by atoms with Crippen LogP contribution in [0.3, 0.4) is 0 Å². The van der Waals surface area contributed by atoms with Crippen molar-refractivity contribution in [2.75, 3.05) is 17.2 Å². The number of carbonyl (C=O) groups is 3. The highest BCUT2D eigenvalue weighted by Gasteiger charge is 2.12. The Hall–Kier alpha value is -3.88. The lowest BCUT2D eigenvalue weighted by atomic mass is 10.2. The van der Waals surface area contributed by atoms with Gasteiger partial charge in [0, 0.05) is 21.4 Å². The van der Waals surface area contributed by atoms with Crippen LogP contribution in [0.1, 0.15) is 11.1 Å². The van der Waals surface area contributed by atoms with Crippen molar-refractivity contribution >= 4 is 58.5 Å². The van der Waals surface area contributed by atoms with Gasteiger partial charge in [0.25, 0.3) is 5.91 Å². The van der Waals surface area contributed by atoms with Crippen LogP contribution < -0.4 is 20.8 Å². The summed E-state index contributed by atoms with van der Waals surface area (Å²) >= 11 is 11.8. The molecule has 0 aromatic heterocycles. The summed E-state index contributed by atoms with van der Waals surface area (Å²) < 4.78 is 5.45. The maximum atomic E-state index is 12.0. The highest BCUT2D eigenvalue weighted by atomic mass is 35.5. The topological polar surface area (TPSA) is 109 Å². The molecule has 8 nitrogen and oxygen atoms in total. The highest BCUT2D eigenvalue weighted by molar-refractivity contribution is 6.39. The number of nitrogens with zero attached hydrogens (tertiary/aromatic N) is 1. The third-order valence-corrected chi connectivity index (χ3v) is 4.73. The molecule has 0 bridgehead atoms. The fourth-order valence-electron chi connectivity index (χ4n) is 2.66. The second kappa shape index (κ2) is 11.8. The van der Waals surface area contributed by atoms with Crippen molar-refractivity contribution in [3.8, 4) is 5.75 Å². The minimum atomic E-state index is -0.899. The number of amides is 3. The zero-order chi connectivity index (χ0) is 24.5. The zero-order valence-corrected chi connectivity index (χ0v) is 19.5. The molecular formula is C24H20Cl2N4O4. The van der Waals surface area contributed by atoms with E-state index >= 15 is 0 Å². The van der Waals surface area contributed by atoms with E-state index in [2.05, 4.69) is 21.2 Å². The molecule has 0 fully saturated rings. The molecule has 0 heterocycles. The van der Waals surface area contributed by atoms with Crippen molar-refractivity contribution < 1.29 is 19.1 Å². The first-order valence-electron chi connectivity index (χ1n) is 9.98. The highest BCUT2D eigenvalue weighted by Crippen LogP contribution is 2.22. The van der Waals surface area contributed by atoms with Crippen LogP contribution in [0.15, 0.2) is 71.8 Å². The Morgan fingerprint density at radius 2 is 1.50 bits per heavy atom. The Kier molecular flexibility index (Phi) is 8.61. The molecule has 0 aliphatic rings. The Balaban J connectivity index is 1.43. The van der Waals surface area contributed by atoms with Crippen LogP contribution in [-0.4, -0.2) is 30.5 Å². The van der Waals surface area contributed by atoms with Crippen molar-refractivity contribution in [1.82, 2.24) is 5.43 Å². The molecule has 3 rings (SSSR count). The summed E-state index contributed by atoms with van der Waals surface area (Å²) in [6.45, 7) is 1.70. The molecule has 0 atom stereocenters. The Labute approximate surface area is 205 Å². The minimum absolute atomic E-state index is 0.219. The Morgan fingerprint density at radius 1 is 0.853 bits per heavy atom. The molecule has 0 unspecified atom stereocenters. The van der Waals surface area contributed by atoms with Crippen LogP contribution >= 0.6 is 23.2 Å². The van der Waals surface area contributed by atoms with E-state index in [4.69, 9.17) is 27.9 Å². The van der Waals surface area contributed by atoms with Gasteiger partial charge in [0.2, 0.25) is 0 Å².